The molecule has 1 rings (SSSR count). The van der Waals surface area contributed by atoms with E-state index in [1.807, 2.05) is 19.9 Å². The lowest BCUT2D eigenvalue weighted by molar-refractivity contribution is 0.0913. The number of nitriles is 1. The van der Waals surface area contributed by atoms with Crippen molar-refractivity contribution in [3.63, 3.8) is 0 Å². The van der Waals surface area contributed by atoms with Crippen LogP contribution in [0, 0.1) is 11.3 Å². The number of nitrogens with one attached hydrogen (secondary N) is 1. The van der Waals surface area contributed by atoms with Crippen molar-refractivity contribution < 1.29 is 17.9 Å². The first-order chi connectivity index (χ1) is 9.43. The zero-order valence-corrected chi connectivity index (χ0v) is 12.3. The number of rotatable bonds is 8. The van der Waals surface area contributed by atoms with E-state index in [1.165, 1.54) is 6.07 Å². The molecule has 0 saturated carbocycles. The summed E-state index contributed by atoms with van der Waals surface area (Å²) in [6, 6.07) is 8.28. The summed E-state index contributed by atoms with van der Waals surface area (Å²) in [5.74, 6) is 0.319. The van der Waals surface area contributed by atoms with Crippen LogP contribution in [0.1, 0.15) is 13.8 Å². The molecule has 0 amide bonds. The van der Waals surface area contributed by atoms with Crippen LogP contribution in [0.25, 0.3) is 0 Å². The molecule has 0 heterocycles. The summed E-state index contributed by atoms with van der Waals surface area (Å²) in [6.07, 6.45) is -0.00657. The maximum Gasteiger partial charge on any atom is 0.235 e. The Morgan fingerprint density at radius 1 is 1.40 bits per heavy atom. The molecule has 0 saturated heterocycles. The molecule has 0 aromatic heterocycles. The molecule has 0 radical (unpaired) electrons. The molecular formula is C13H18N2O4S. The van der Waals surface area contributed by atoms with Crippen molar-refractivity contribution in [2.24, 2.45) is 0 Å². The molecule has 6 nitrogen and oxygen atoms in total. The van der Waals surface area contributed by atoms with Crippen LogP contribution in [0.2, 0.25) is 0 Å². The lowest BCUT2D eigenvalue weighted by Gasteiger charge is -2.11. The highest BCUT2D eigenvalue weighted by molar-refractivity contribution is 7.92. The Kier molecular flexibility index (Phi) is 6.28. The average Bonchev–Trinajstić information content (AvgIpc) is 2.35. The zero-order chi connectivity index (χ0) is 15.0. The quantitative estimate of drug-likeness (QED) is 0.790. The Bertz CT molecular complexity index is 564. The molecule has 1 aromatic rings. The smallest absolute Gasteiger partial charge is 0.235 e. The van der Waals surface area contributed by atoms with Crippen LogP contribution in [0.5, 0.6) is 5.75 Å². The third kappa shape index (κ3) is 6.41. The fourth-order valence-electron chi connectivity index (χ4n) is 1.39. The van der Waals surface area contributed by atoms with E-state index in [0.717, 1.165) is 0 Å². The first kappa shape index (κ1) is 16.3. The number of benzene rings is 1. The molecule has 0 aliphatic heterocycles. The van der Waals surface area contributed by atoms with Gasteiger partial charge in [-0.05, 0) is 26.0 Å². The van der Waals surface area contributed by atoms with Gasteiger partial charge in [-0.1, -0.05) is 6.07 Å². The third-order valence-electron chi connectivity index (χ3n) is 2.21. The predicted molar refractivity (Wildman–Crippen MR) is 76.0 cm³/mol. The van der Waals surface area contributed by atoms with Crippen LogP contribution in [-0.4, -0.2) is 33.5 Å². The first-order valence-electron chi connectivity index (χ1n) is 6.15. The molecule has 0 atom stereocenters. The number of nitrogens with zero attached hydrogens (tertiary/aromatic N) is 1. The number of hydrogen-bond acceptors (Lipinski definition) is 5. The van der Waals surface area contributed by atoms with Crippen molar-refractivity contribution >= 4 is 15.7 Å². The van der Waals surface area contributed by atoms with Gasteiger partial charge in [0.15, 0.2) is 6.61 Å². The molecule has 0 spiro atoms. The molecule has 0 unspecified atom stereocenters. The predicted octanol–water partition coefficient (Wildman–Crippen LogP) is 1.76. The SMILES string of the molecule is CC(C)OCCS(=O)(=O)Nc1cccc(OCC#N)c1. The van der Waals surface area contributed by atoms with Crippen LogP contribution < -0.4 is 9.46 Å². The maximum absolute atomic E-state index is 11.8. The van der Waals surface area contributed by atoms with Gasteiger partial charge in [0, 0.05) is 6.07 Å². The zero-order valence-electron chi connectivity index (χ0n) is 11.5. The van der Waals surface area contributed by atoms with Crippen LogP contribution in [0.4, 0.5) is 5.69 Å². The summed E-state index contributed by atoms with van der Waals surface area (Å²) in [5, 5.41) is 8.42. The van der Waals surface area contributed by atoms with Crippen molar-refractivity contribution in [1.82, 2.24) is 0 Å². The van der Waals surface area contributed by atoms with E-state index in [2.05, 4.69) is 4.72 Å². The average molecular weight is 298 g/mol. The fourth-order valence-corrected chi connectivity index (χ4v) is 2.29. The van der Waals surface area contributed by atoms with Crippen LogP contribution in [-0.2, 0) is 14.8 Å². The number of ether oxygens (including phenoxy) is 2. The Balaban J connectivity index is 2.60. The molecule has 7 heteroatoms. The van der Waals surface area contributed by atoms with E-state index in [-0.39, 0.29) is 25.1 Å². The molecular weight excluding hydrogens is 280 g/mol. The minimum absolute atomic E-state index is 0.00657. The monoisotopic (exact) mass is 298 g/mol. The van der Waals surface area contributed by atoms with Crippen molar-refractivity contribution in [3.05, 3.63) is 24.3 Å². The number of anilines is 1. The summed E-state index contributed by atoms with van der Waals surface area (Å²) in [5.41, 5.74) is 0.394. The van der Waals surface area contributed by atoms with Gasteiger partial charge < -0.3 is 9.47 Å². The van der Waals surface area contributed by atoms with E-state index in [0.29, 0.717) is 11.4 Å². The van der Waals surface area contributed by atoms with E-state index < -0.39 is 10.0 Å². The van der Waals surface area contributed by atoms with E-state index >= 15 is 0 Å². The number of sulfonamides is 1. The van der Waals surface area contributed by atoms with Gasteiger partial charge in [0.1, 0.15) is 11.8 Å². The summed E-state index contributed by atoms with van der Waals surface area (Å²) in [4.78, 5) is 0. The second-order valence-electron chi connectivity index (χ2n) is 4.32. The maximum atomic E-state index is 11.8. The second kappa shape index (κ2) is 7.72. The fraction of sp³-hybridized carbons (Fsp3) is 0.462. The molecule has 0 aliphatic carbocycles. The standard InChI is InChI=1S/C13H18N2O4S/c1-11(2)18-8-9-20(16,17)15-12-4-3-5-13(10-12)19-7-6-14/h3-5,10-11,15H,7-9H2,1-2H3. The van der Waals surface area contributed by atoms with E-state index in [4.69, 9.17) is 14.7 Å². The van der Waals surface area contributed by atoms with E-state index in [9.17, 15) is 8.42 Å². The molecule has 1 aromatic carbocycles. The molecule has 0 aliphatic rings. The second-order valence-corrected chi connectivity index (χ2v) is 6.16. The van der Waals surface area contributed by atoms with E-state index in [1.54, 1.807) is 18.2 Å². The van der Waals surface area contributed by atoms with Gasteiger partial charge in [0.2, 0.25) is 10.0 Å². The lowest BCUT2D eigenvalue weighted by Crippen LogP contribution is -2.21. The normalized spacial score (nSPS) is 11.1. The first-order valence-corrected chi connectivity index (χ1v) is 7.80. The van der Waals surface area contributed by atoms with Crippen LogP contribution in [0.15, 0.2) is 24.3 Å². The van der Waals surface area contributed by atoms with Gasteiger partial charge in [-0.3, -0.25) is 4.72 Å². The Hall–Kier alpha value is -1.78. The highest BCUT2D eigenvalue weighted by atomic mass is 32.2. The Morgan fingerprint density at radius 3 is 2.80 bits per heavy atom. The third-order valence-corrected chi connectivity index (χ3v) is 3.46. The number of hydrogen-bond donors (Lipinski definition) is 1. The van der Waals surface area contributed by atoms with Crippen molar-refractivity contribution in [2.75, 3.05) is 23.7 Å². The highest BCUT2D eigenvalue weighted by Gasteiger charge is 2.11. The molecule has 1 N–H and O–H groups in total. The highest BCUT2D eigenvalue weighted by Crippen LogP contribution is 2.18. The van der Waals surface area contributed by atoms with Gasteiger partial charge in [-0.2, -0.15) is 5.26 Å². The molecule has 20 heavy (non-hydrogen) atoms. The summed E-state index contributed by atoms with van der Waals surface area (Å²) in [6.45, 7) is 3.74. The summed E-state index contributed by atoms with van der Waals surface area (Å²) in [7, 11) is -3.46. The van der Waals surface area contributed by atoms with Crippen LogP contribution in [0.3, 0.4) is 0 Å². The Labute approximate surface area is 119 Å². The lowest BCUT2D eigenvalue weighted by atomic mass is 10.3. The van der Waals surface area contributed by atoms with Gasteiger partial charge in [-0.25, -0.2) is 8.42 Å². The molecule has 0 bridgehead atoms. The van der Waals surface area contributed by atoms with Gasteiger partial charge in [0.05, 0.1) is 24.2 Å². The molecule has 0 fully saturated rings. The minimum atomic E-state index is -3.46. The largest absolute Gasteiger partial charge is 0.479 e. The van der Waals surface area contributed by atoms with Crippen LogP contribution >= 0.6 is 0 Å². The summed E-state index contributed by atoms with van der Waals surface area (Å²) >= 11 is 0. The van der Waals surface area contributed by atoms with Crippen molar-refractivity contribution in [2.45, 2.75) is 20.0 Å². The topological polar surface area (TPSA) is 88.4 Å². The van der Waals surface area contributed by atoms with Gasteiger partial charge in [-0.15, -0.1) is 0 Å². The minimum Gasteiger partial charge on any atom is -0.479 e. The van der Waals surface area contributed by atoms with Gasteiger partial charge in [0.25, 0.3) is 0 Å². The molecule has 110 valence electrons. The van der Waals surface area contributed by atoms with Crippen molar-refractivity contribution in [3.8, 4) is 11.8 Å². The van der Waals surface area contributed by atoms with Crippen molar-refractivity contribution in [1.29, 1.82) is 5.26 Å². The summed E-state index contributed by atoms with van der Waals surface area (Å²) < 4.78 is 36.4. The van der Waals surface area contributed by atoms with Gasteiger partial charge >= 0.3 is 0 Å². The Morgan fingerprint density at radius 2 is 2.15 bits per heavy atom.